The van der Waals surface area contributed by atoms with Gasteiger partial charge in [0.25, 0.3) is 0 Å². The first-order chi connectivity index (χ1) is 14.0. The van der Waals surface area contributed by atoms with Gasteiger partial charge in [-0.05, 0) is 23.3 Å². The Balaban J connectivity index is 1.69. The molecular formula is C24H21ClN2OS. The number of anilines is 1. The highest BCUT2D eigenvalue weighted by molar-refractivity contribution is 7.22. The van der Waals surface area contributed by atoms with Crippen molar-refractivity contribution < 1.29 is 4.79 Å². The number of aromatic nitrogens is 1. The van der Waals surface area contributed by atoms with Gasteiger partial charge in [0.1, 0.15) is 5.52 Å². The fourth-order valence-corrected chi connectivity index (χ4v) is 4.84. The number of thiazole rings is 1. The highest BCUT2D eigenvalue weighted by Crippen LogP contribution is 2.42. The summed E-state index contributed by atoms with van der Waals surface area (Å²) in [6.07, 6.45) is 0. The normalized spacial score (nSPS) is 11.7. The SMILES string of the molecule is CC(C)(C(=O)Nc1nc2c(Cl)cccc2s1)C(c1ccccc1)c1ccccc1. The van der Waals surface area contributed by atoms with Gasteiger partial charge in [0.05, 0.1) is 15.1 Å². The van der Waals surface area contributed by atoms with E-state index in [0.29, 0.717) is 10.2 Å². The number of nitrogens with zero attached hydrogens (tertiary/aromatic N) is 1. The van der Waals surface area contributed by atoms with E-state index < -0.39 is 5.41 Å². The molecule has 0 aliphatic carbocycles. The van der Waals surface area contributed by atoms with Crippen LogP contribution in [0.4, 0.5) is 5.13 Å². The summed E-state index contributed by atoms with van der Waals surface area (Å²) < 4.78 is 0.952. The molecule has 0 saturated heterocycles. The summed E-state index contributed by atoms with van der Waals surface area (Å²) in [4.78, 5) is 17.9. The Morgan fingerprint density at radius 1 is 0.931 bits per heavy atom. The fraction of sp³-hybridized carbons (Fsp3) is 0.167. The molecule has 3 aromatic carbocycles. The van der Waals surface area contributed by atoms with Crippen molar-refractivity contribution in [1.82, 2.24) is 4.98 Å². The van der Waals surface area contributed by atoms with Gasteiger partial charge in [-0.25, -0.2) is 4.98 Å². The molecule has 5 heteroatoms. The van der Waals surface area contributed by atoms with Gasteiger partial charge in [-0.3, -0.25) is 4.79 Å². The van der Waals surface area contributed by atoms with Gasteiger partial charge in [-0.1, -0.05) is 104 Å². The molecule has 0 bridgehead atoms. The van der Waals surface area contributed by atoms with Crippen molar-refractivity contribution in [3.05, 3.63) is 95.0 Å². The molecule has 0 spiro atoms. The zero-order chi connectivity index (χ0) is 20.4. The van der Waals surface area contributed by atoms with Crippen LogP contribution in [0.25, 0.3) is 10.2 Å². The van der Waals surface area contributed by atoms with Gasteiger partial charge >= 0.3 is 0 Å². The van der Waals surface area contributed by atoms with Gasteiger partial charge in [-0.2, -0.15) is 0 Å². The van der Waals surface area contributed by atoms with Crippen LogP contribution in [0.1, 0.15) is 30.9 Å². The Labute approximate surface area is 179 Å². The van der Waals surface area contributed by atoms with E-state index in [2.05, 4.69) is 34.6 Å². The largest absolute Gasteiger partial charge is 0.301 e. The van der Waals surface area contributed by atoms with Crippen molar-refractivity contribution in [1.29, 1.82) is 0 Å². The van der Waals surface area contributed by atoms with Crippen molar-refractivity contribution in [2.24, 2.45) is 5.41 Å². The fourth-order valence-electron chi connectivity index (χ4n) is 3.67. The zero-order valence-electron chi connectivity index (χ0n) is 16.2. The van der Waals surface area contributed by atoms with Gasteiger partial charge < -0.3 is 5.32 Å². The second kappa shape index (κ2) is 7.97. The average molecular weight is 421 g/mol. The van der Waals surface area contributed by atoms with Gasteiger partial charge in [0, 0.05) is 5.92 Å². The number of hydrogen-bond donors (Lipinski definition) is 1. The maximum atomic E-state index is 13.4. The van der Waals surface area contributed by atoms with E-state index in [0.717, 1.165) is 21.3 Å². The number of para-hydroxylation sites is 1. The quantitative estimate of drug-likeness (QED) is 0.388. The topological polar surface area (TPSA) is 42.0 Å². The molecule has 29 heavy (non-hydrogen) atoms. The monoisotopic (exact) mass is 420 g/mol. The van der Waals surface area contributed by atoms with E-state index in [9.17, 15) is 4.79 Å². The molecule has 1 heterocycles. The molecule has 3 nitrogen and oxygen atoms in total. The van der Waals surface area contributed by atoms with Crippen LogP contribution in [0.3, 0.4) is 0 Å². The van der Waals surface area contributed by atoms with E-state index >= 15 is 0 Å². The van der Waals surface area contributed by atoms with Crippen LogP contribution in [-0.4, -0.2) is 10.9 Å². The minimum absolute atomic E-state index is 0.0783. The van der Waals surface area contributed by atoms with Crippen molar-refractivity contribution in [2.75, 3.05) is 5.32 Å². The maximum absolute atomic E-state index is 13.4. The van der Waals surface area contributed by atoms with E-state index in [1.807, 2.05) is 62.4 Å². The van der Waals surface area contributed by atoms with Gasteiger partial charge in [-0.15, -0.1) is 0 Å². The summed E-state index contributed by atoms with van der Waals surface area (Å²) >= 11 is 7.67. The van der Waals surface area contributed by atoms with E-state index in [4.69, 9.17) is 11.6 Å². The second-order valence-corrected chi connectivity index (χ2v) is 8.97. The number of hydrogen-bond acceptors (Lipinski definition) is 3. The molecule has 0 radical (unpaired) electrons. The van der Waals surface area contributed by atoms with Crippen LogP contribution in [0.15, 0.2) is 78.9 Å². The molecular weight excluding hydrogens is 400 g/mol. The zero-order valence-corrected chi connectivity index (χ0v) is 17.8. The summed E-state index contributed by atoms with van der Waals surface area (Å²) in [5.41, 5.74) is 2.22. The molecule has 1 aromatic heterocycles. The summed E-state index contributed by atoms with van der Waals surface area (Å²) in [5, 5.41) is 4.18. The van der Waals surface area contributed by atoms with Crippen LogP contribution in [0.2, 0.25) is 5.02 Å². The lowest BCUT2D eigenvalue weighted by Gasteiger charge is -2.33. The first-order valence-corrected chi connectivity index (χ1v) is 10.6. The first-order valence-electron chi connectivity index (χ1n) is 9.43. The Bertz CT molecular complexity index is 1100. The summed E-state index contributed by atoms with van der Waals surface area (Å²) in [5.74, 6) is -0.173. The minimum atomic E-state index is -0.704. The third kappa shape index (κ3) is 3.91. The van der Waals surface area contributed by atoms with E-state index in [1.54, 1.807) is 6.07 Å². The molecule has 0 fully saturated rings. The molecule has 0 saturated carbocycles. The third-order valence-corrected chi connectivity index (χ3v) is 6.40. The Kier molecular flexibility index (Phi) is 5.39. The van der Waals surface area contributed by atoms with Crippen LogP contribution in [-0.2, 0) is 4.79 Å². The number of carbonyl (C=O) groups excluding carboxylic acids is 1. The Hall–Kier alpha value is -2.69. The van der Waals surface area contributed by atoms with Crippen LogP contribution >= 0.6 is 22.9 Å². The molecule has 4 aromatic rings. The maximum Gasteiger partial charge on any atom is 0.232 e. The number of benzene rings is 3. The Morgan fingerprint density at radius 3 is 2.07 bits per heavy atom. The minimum Gasteiger partial charge on any atom is -0.301 e. The molecule has 1 amide bonds. The highest BCUT2D eigenvalue weighted by atomic mass is 35.5. The molecule has 0 unspecified atom stereocenters. The number of amides is 1. The lowest BCUT2D eigenvalue weighted by Crippen LogP contribution is -2.37. The first kappa shape index (κ1) is 19.6. The number of rotatable bonds is 5. The molecule has 1 N–H and O–H groups in total. The van der Waals surface area contributed by atoms with Crippen LogP contribution in [0, 0.1) is 5.41 Å². The van der Waals surface area contributed by atoms with Crippen molar-refractivity contribution in [3.8, 4) is 0 Å². The highest BCUT2D eigenvalue weighted by Gasteiger charge is 2.39. The molecule has 146 valence electrons. The van der Waals surface area contributed by atoms with Crippen molar-refractivity contribution in [2.45, 2.75) is 19.8 Å². The predicted octanol–water partition coefficient (Wildman–Crippen LogP) is 6.75. The van der Waals surface area contributed by atoms with Crippen molar-refractivity contribution in [3.63, 3.8) is 0 Å². The van der Waals surface area contributed by atoms with Gasteiger partial charge in [0.2, 0.25) is 5.91 Å². The number of halogens is 1. The molecule has 0 aliphatic heterocycles. The van der Waals surface area contributed by atoms with Crippen LogP contribution in [0.5, 0.6) is 0 Å². The second-order valence-electron chi connectivity index (χ2n) is 7.54. The number of carbonyl (C=O) groups is 1. The Morgan fingerprint density at radius 2 is 1.52 bits per heavy atom. The average Bonchev–Trinajstić information content (AvgIpc) is 3.13. The van der Waals surface area contributed by atoms with Gasteiger partial charge in [0.15, 0.2) is 5.13 Å². The number of nitrogens with one attached hydrogen (secondary N) is 1. The summed E-state index contributed by atoms with van der Waals surface area (Å²) in [6.45, 7) is 3.96. The molecule has 0 atom stereocenters. The van der Waals surface area contributed by atoms with Crippen LogP contribution < -0.4 is 5.32 Å². The molecule has 0 aliphatic rings. The smallest absolute Gasteiger partial charge is 0.232 e. The third-order valence-electron chi connectivity index (χ3n) is 5.16. The predicted molar refractivity (Wildman–Crippen MR) is 122 cm³/mol. The van der Waals surface area contributed by atoms with Crippen molar-refractivity contribution >= 4 is 44.2 Å². The lowest BCUT2D eigenvalue weighted by atomic mass is 9.70. The summed E-state index contributed by atoms with van der Waals surface area (Å²) in [6, 6.07) is 26.0. The lowest BCUT2D eigenvalue weighted by molar-refractivity contribution is -0.124. The standard InChI is InChI=1S/C24H21ClN2OS/c1-24(2,20(16-10-5-3-6-11-16)17-12-7-4-8-13-17)22(28)27-23-26-21-18(25)14-9-15-19(21)29-23/h3-15,20H,1-2H3,(H,26,27,28). The summed E-state index contributed by atoms with van der Waals surface area (Å²) in [7, 11) is 0. The number of fused-ring (bicyclic) bond motifs is 1. The van der Waals surface area contributed by atoms with E-state index in [-0.39, 0.29) is 11.8 Å². The molecule has 4 rings (SSSR count). The van der Waals surface area contributed by atoms with E-state index in [1.165, 1.54) is 11.3 Å².